The van der Waals surface area contributed by atoms with E-state index in [0.717, 1.165) is 15.6 Å². The first-order valence-electron chi connectivity index (χ1n) is 12.3. The molecule has 0 radical (unpaired) electrons. The number of thiazole rings is 1. The van der Waals surface area contributed by atoms with E-state index in [1.165, 1.54) is 11.3 Å². The van der Waals surface area contributed by atoms with Crippen molar-refractivity contribution in [1.82, 2.24) is 4.57 Å². The molecule has 0 bridgehead atoms. The standard InChI is InChI=1S/C30H25BrN2O5S/c1-4-16-37-22-12-8-20(9-13-22)27-26(29(35)36-5-2)18(3)32-30-33(27)28(34)25(39-30)17-23-14-15-24(38-23)19-6-10-21(31)11-7-19/h4,6-15,17,27H,1,5,16H2,2-3H3/b25-17-/t27-/m0/s1. The molecule has 0 spiro atoms. The highest BCUT2D eigenvalue weighted by molar-refractivity contribution is 9.10. The molecule has 4 aromatic rings. The molecule has 0 saturated carbocycles. The number of fused-ring (bicyclic) bond motifs is 1. The molecule has 198 valence electrons. The van der Waals surface area contributed by atoms with Gasteiger partial charge in [-0.2, -0.15) is 0 Å². The second-order valence-corrected chi connectivity index (χ2v) is 10.6. The van der Waals surface area contributed by atoms with Crippen molar-refractivity contribution >= 4 is 39.3 Å². The van der Waals surface area contributed by atoms with Crippen LogP contribution in [-0.2, 0) is 9.53 Å². The van der Waals surface area contributed by atoms with Gasteiger partial charge in [0.2, 0.25) is 0 Å². The Hall–Kier alpha value is -3.95. The Kier molecular flexibility index (Phi) is 7.81. The van der Waals surface area contributed by atoms with Crippen LogP contribution in [-0.4, -0.2) is 23.8 Å². The number of nitrogens with zero attached hydrogens (tertiary/aromatic N) is 2. The second kappa shape index (κ2) is 11.4. The lowest BCUT2D eigenvalue weighted by Crippen LogP contribution is -2.39. The van der Waals surface area contributed by atoms with Crippen LogP contribution in [0.4, 0.5) is 0 Å². The molecule has 2 aromatic carbocycles. The van der Waals surface area contributed by atoms with Gasteiger partial charge in [0.25, 0.3) is 5.56 Å². The number of esters is 1. The number of ether oxygens (including phenoxy) is 2. The summed E-state index contributed by atoms with van der Waals surface area (Å²) in [5, 5.41) is 0. The quantitative estimate of drug-likeness (QED) is 0.199. The number of aromatic nitrogens is 1. The lowest BCUT2D eigenvalue weighted by molar-refractivity contribution is -0.139. The topological polar surface area (TPSA) is 83.0 Å². The van der Waals surface area contributed by atoms with Crippen molar-refractivity contribution in [2.24, 2.45) is 4.99 Å². The molecule has 0 aliphatic carbocycles. The van der Waals surface area contributed by atoms with Gasteiger partial charge in [-0.25, -0.2) is 9.79 Å². The van der Waals surface area contributed by atoms with Gasteiger partial charge in [0.1, 0.15) is 23.9 Å². The minimum Gasteiger partial charge on any atom is -0.490 e. The molecular weight excluding hydrogens is 580 g/mol. The third-order valence-corrected chi connectivity index (χ3v) is 7.62. The Bertz CT molecular complexity index is 1740. The number of hydrogen-bond acceptors (Lipinski definition) is 7. The smallest absolute Gasteiger partial charge is 0.338 e. The number of halogens is 1. The molecule has 0 fully saturated rings. The summed E-state index contributed by atoms with van der Waals surface area (Å²) in [6, 6.07) is 18.1. The number of carbonyl (C=O) groups excluding carboxylic acids is 1. The van der Waals surface area contributed by atoms with E-state index < -0.39 is 12.0 Å². The van der Waals surface area contributed by atoms with E-state index in [1.807, 2.05) is 48.5 Å². The average Bonchev–Trinajstić information content (AvgIpc) is 3.52. The number of rotatable bonds is 8. The summed E-state index contributed by atoms with van der Waals surface area (Å²) in [6.07, 6.45) is 3.37. The molecule has 1 aliphatic rings. The predicted molar refractivity (Wildman–Crippen MR) is 154 cm³/mol. The van der Waals surface area contributed by atoms with Crippen molar-refractivity contribution in [3.63, 3.8) is 0 Å². The number of hydrogen-bond donors (Lipinski definition) is 0. The Labute approximate surface area is 237 Å². The summed E-state index contributed by atoms with van der Waals surface area (Å²) in [6.45, 7) is 7.75. The Morgan fingerprint density at radius 2 is 1.90 bits per heavy atom. The molecule has 0 unspecified atom stereocenters. The number of benzene rings is 2. The number of furan rings is 1. The molecular formula is C30H25BrN2O5S. The van der Waals surface area contributed by atoms with Crippen LogP contribution in [0.2, 0.25) is 0 Å². The maximum atomic E-state index is 13.8. The second-order valence-electron chi connectivity index (χ2n) is 8.68. The van der Waals surface area contributed by atoms with Crippen LogP contribution >= 0.6 is 27.3 Å². The predicted octanol–water partition coefficient (Wildman–Crippen LogP) is 5.39. The zero-order valence-corrected chi connectivity index (χ0v) is 23.8. The summed E-state index contributed by atoms with van der Waals surface area (Å²) >= 11 is 4.69. The molecule has 39 heavy (non-hydrogen) atoms. The van der Waals surface area contributed by atoms with E-state index in [1.54, 1.807) is 42.7 Å². The van der Waals surface area contributed by atoms with E-state index in [4.69, 9.17) is 13.9 Å². The van der Waals surface area contributed by atoms with Gasteiger partial charge < -0.3 is 13.9 Å². The SMILES string of the molecule is C=CCOc1ccc([C@H]2C(C(=O)OCC)=C(C)N=c3s/c(=C\c4ccc(-c5ccc(Br)cc5)o4)c(=O)n32)cc1. The van der Waals surface area contributed by atoms with E-state index in [0.29, 0.717) is 44.5 Å². The first kappa shape index (κ1) is 26.6. The van der Waals surface area contributed by atoms with Crippen LogP contribution in [0.1, 0.15) is 31.2 Å². The number of carbonyl (C=O) groups is 1. The molecule has 2 aromatic heterocycles. The van der Waals surface area contributed by atoms with Crippen molar-refractivity contribution in [2.45, 2.75) is 19.9 Å². The molecule has 1 atom stereocenters. The summed E-state index contributed by atoms with van der Waals surface area (Å²) in [5.74, 6) is 1.39. The Morgan fingerprint density at radius 3 is 2.59 bits per heavy atom. The van der Waals surface area contributed by atoms with Gasteiger partial charge in [-0.15, -0.1) is 0 Å². The maximum Gasteiger partial charge on any atom is 0.338 e. The first-order chi connectivity index (χ1) is 18.9. The van der Waals surface area contributed by atoms with E-state index >= 15 is 0 Å². The largest absolute Gasteiger partial charge is 0.490 e. The van der Waals surface area contributed by atoms with E-state index in [2.05, 4.69) is 27.5 Å². The maximum absolute atomic E-state index is 13.8. The van der Waals surface area contributed by atoms with Gasteiger partial charge in [0.15, 0.2) is 4.80 Å². The highest BCUT2D eigenvalue weighted by atomic mass is 79.9. The summed E-state index contributed by atoms with van der Waals surface area (Å²) in [7, 11) is 0. The highest BCUT2D eigenvalue weighted by Gasteiger charge is 2.33. The van der Waals surface area contributed by atoms with Crippen LogP contribution < -0.4 is 19.6 Å². The van der Waals surface area contributed by atoms with Gasteiger partial charge in [-0.05, 0) is 55.8 Å². The molecule has 7 nitrogen and oxygen atoms in total. The Morgan fingerprint density at radius 1 is 1.15 bits per heavy atom. The van der Waals surface area contributed by atoms with Gasteiger partial charge in [-0.1, -0.05) is 64.2 Å². The van der Waals surface area contributed by atoms with E-state index in [-0.39, 0.29) is 12.2 Å². The molecule has 1 aliphatic heterocycles. The van der Waals surface area contributed by atoms with Gasteiger partial charge in [0, 0.05) is 16.1 Å². The fourth-order valence-electron chi connectivity index (χ4n) is 4.34. The van der Waals surface area contributed by atoms with Crippen LogP contribution in [0.5, 0.6) is 5.75 Å². The molecule has 0 saturated heterocycles. The fraction of sp³-hybridized carbons (Fsp3) is 0.167. The van der Waals surface area contributed by atoms with Gasteiger partial charge in [-0.3, -0.25) is 9.36 Å². The fourth-order valence-corrected chi connectivity index (χ4v) is 5.63. The van der Waals surface area contributed by atoms with Crippen molar-refractivity contribution < 1.29 is 18.7 Å². The number of allylic oxidation sites excluding steroid dienone is 1. The normalized spacial score (nSPS) is 15.1. The van der Waals surface area contributed by atoms with Crippen LogP contribution in [0.3, 0.4) is 0 Å². The minimum absolute atomic E-state index is 0.209. The van der Waals surface area contributed by atoms with Crippen LogP contribution in [0.25, 0.3) is 17.4 Å². The van der Waals surface area contributed by atoms with Crippen molar-refractivity contribution in [1.29, 1.82) is 0 Å². The van der Waals surface area contributed by atoms with Crippen molar-refractivity contribution in [2.75, 3.05) is 13.2 Å². The van der Waals surface area contributed by atoms with Crippen LogP contribution in [0, 0.1) is 0 Å². The summed E-state index contributed by atoms with van der Waals surface area (Å²) < 4.78 is 20.0. The molecule has 0 amide bonds. The summed E-state index contributed by atoms with van der Waals surface area (Å²) in [5.41, 5.74) is 2.22. The van der Waals surface area contributed by atoms with Gasteiger partial charge >= 0.3 is 5.97 Å². The Balaban J connectivity index is 1.59. The van der Waals surface area contributed by atoms with Crippen molar-refractivity contribution in [3.8, 4) is 17.1 Å². The summed E-state index contributed by atoms with van der Waals surface area (Å²) in [4.78, 5) is 32.0. The van der Waals surface area contributed by atoms with E-state index in [9.17, 15) is 9.59 Å². The lowest BCUT2D eigenvalue weighted by atomic mass is 9.96. The van der Waals surface area contributed by atoms with Crippen molar-refractivity contribution in [3.05, 3.63) is 120 Å². The van der Waals surface area contributed by atoms with Gasteiger partial charge in [0.05, 0.1) is 28.5 Å². The third kappa shape index (κ3) is 5.46. The molecule has 9 heteroatoms. The minimum atomic E-state index is -0.703. The molecule has 0 N–H and O–H groups in total. The zero-order chi connectivity index (χ0) is 27.5. The first-order valence-corrected chi connectivity index (χ1v) is 13.9. The lowest BCUT2D eigenvalue weighted by Gasteiger charge is -2.24. The third-order valence-electron chi connectivity index (χ3n) is 6.11. The monoisotopic (exact) mass is 604 g/mol. The molecule has 3 heterocycles. The molecule has 5 rings (SSSR count). The average molecular weight is 606 g/mol. The zero-order valence-electron chi connectivity index (χ0n) is 21.3. The van der Waals surface area contributed by atoms with Crippen LogP contribution in [0.15, 0.2) is 103 Å². The highest BCUT2D eigenvalue weighted by Crippen LogP contribution is 2.32.